The van der Waals surface area contributed by atoms with Crippen LogP contribution in [-0.4, -0.2) is 10.7 Å². The molecule has 3 nitrogen and oxygen atoms in total. The van der Waals surface area contributed by atoms with E-state index >= 15 is 0 Å². The van der Waals surface area contributed by atoms with Gasteiger partial charge in [-0.2, -0.15) is 0 Å². The van der Waals surface area contributed by atoms with Crippen LogP contribution in [0.2, 0.25) is 0 Å². The highest BCUT2D eigenvalue weighted by molar-refractivity contribution is 9.10. The van der Waals surface area contributed by atoms with Crippen molar-refractivity contribution in [2.24, 2.45) is 0 Å². The van der Waals surface area contributed by atoms with E-state index < -0.39 is 0 Å². The van der Waals surface area contributed by atoms with E-state index in [1.165, 1.54) is 11.8 Å². The number of halogens is 1. The highest BCUT2D eigenvalue weighted by Gasteiger charge is 2.38. The van der Waals surface area contributed by atoms with Crippen molar-refractivity contribution in [3.8, 4) is 0 Å². The first-order valence-electron chi connectivity index (χ1n) is 8.76. The molecule has 3 heterocycles. The molecule has 28 heavy (non-hydrogen) atoms. The number of Topliss-reactive ketones (excluding diaryl/α,β-unsaturated/α-hetero) is 1. The van der Waals surface area contributed by atoms with Crippen molar-refractivity contribution in [3.63, 3.8) is 0 Å². The molecule has 136 valence electrons. The molecule has 0 amide bonds. The number of hydrogen-bond acceptors (Lipinski definition) is 4. The van der Waals surface area contributed by atoms with Crippen LogP contribution in [0.5, 0.6) is 0 Å². The smallest absolute Gasteiger partial charge is 0.216 e. The fourth-order valence-corrected chi connectivity index (χ4v) is 4.46. The minimum absolute atomic E-state index is 0.0228. The van der Waals surface area contributed by atoms with E-state index in [9.17, 15) is 4.79 Å². The van der Waals surface area contributed by atoms with Gasteiger partial charge in [0.15, 0.2) is 5.09 Å². The van der Waals surface area contributed by atoms with Crippen molar-refractivity contribution < 1.29 is 9.53 Å². The molecule has 0 saturated heterocycles. The van der Waals surface area contributed by atoms with Crippen LogP contribution in [0.4, 0.5) is 0 Å². The van der Waals surface area contributed by atoms with Crippen LogP contribution >= 0.6 is 27.7 Å². The van der Waals surface area contributed by atoms with Crippen LogP contribution in [0.15, 0.2) is 105 Å². The van der Waals surface area contributed by atoms with E-state index in [-0.39, 0.29) is 5.78 Å². The van der Waals surface area contributed by atoms with Gasteiger partial charge in [0.2, 0.25) is 5.78 Å². The molecule has 5 heteroatoms. The second kappa shape index (κ2) is 7.00. The molecule has 2 aromatic rings. The first-order chi connectivity index (χ1) is 13.7. The average molecular weight is 448 g/mol. The number of ether oxygens (including phenoxy) is 1. The minimum Gasteiger partial charge on any atom is -0.447 e. The molecule has 3 aliphatic rings. The summed E-state index contributed by atoms with van der Waals surface area (Å²) >= 11 is 4.89. The Balaban J connectivity index is 1.54. The van der Waals surface area contributed by atoms with E-state index in [1.807, 2.05) is 89.3 Å². The molecule has 0 aliphatic carbocycles. The van der Waals surface area contributed by atoms with Crippen LogP contribution in [0.3, 0.4) is 0 Å². The lowest BCUT2D eigenvalue weighted by Crippen LogP contribution is -2.16. The summed E-state index contributed by atoms with van der Waals surface area (Å²) in [7, 11) is 0. The second-order valence-corrected chi connectivity index (χ2v) is 8.13. The molecule has 3 aliphatic heterocycles. The lowest BCUT2D eigenvalue weighted by Gasteiger charge is -2.20. The molecule has 0 unspecified atom stereocenters. The number of thioether (sulfide) groups is 1. The number of carbonyl (C=O) groups excluding carboxylic acids is 1. The van der Waals surface area contributed by atoms with E-state index in [1.54, 1.807) is 0 Å². The number of hydrogen-bond donors (Lipinski definition) is 0. The second-order valence-electron chi connectivity index (χ2n) is 6.37. The Bertz CT molecular complexity index is 1120. The number of fused-ring (bicyclic) bond motifs is 1. The molecule has 0 N–H and O–H groups in total. The third-order valence-electron chi connectivity index (χ3n) is 4.66. The highest BCUT2D eigenvalue weighted by atomic mass is 79.9. The maximum Gasteiger partial charge on any atom is 0.216 e. The summed E-state index contributed by atoms with van der Waals surface area (Å²) in [5.74, 6) is 0.726. The molecule has 0 saturated carbocycles. The third kappa shape index (κ3) is 2.87. The van der Waals surface area contributed by atoms with E-state index in [4.69, 9.17) is 4.74 Å². The van der Waals surface area contributed by atoms with Crippen molar-refractivity contribution >= 4 is 44.8 Å². The first-order valence-corrected chi connectivity index (χ1v) is 10.4. The van der Waals surface area contributed by atoms with Gasteiger partial charge in [0.25, 0.3) is 0 Å². The summed E-state index contributed by atoms with van der Waals surface area (Å²) in [5.41, 5.74) is 4.02. The summed E-state index contributed by atoms with van der Waals surface area (Å²) in [6, 6.07) is 17.7. The maximum atomic E-state index is 13.4. The molecule has 5 rings (SSSR count). The predicted molar refractivity (Wildman–Crippen MR) is 116 cm³/mol. The molecular formula is C23H14BrNO2S. The van der Waals surface area contributed by atoms with Gasteiger partial charge in [-0.15, -0.1) is 0 Å². The molecule has 0 spiro atoms. The zero-order valence-corrected chi connectivity index (χ0v) is 17.0. The van der Waals surface area contributed by atoms with Gasteiger partial charge in [-0.1, -0.05) is 76.2 Å². The van der Waals surface area contributed by atoms with Crippen molar-refractivity contribution in [1.29, 1.82) is 0 Å². The zero-order chi connectivity index (χ0) is 19.1. The molecule has 0 aromatic heterocycles. The maximum absolute atomic E-state index is 13.4. The molecule has 0 radical (unpaired) electrons. The van der Waals surface area contributed by atoms with Crippen LogP contribution in [0.1, 0.15) is 11.1 Å². The zero-order valence-electron chi connectivity index (χ0n) is 14.6. The minimum atomic E-state index is -0.0228. The lowest BCUT2D eigenvalue weighted by atomic mass is 10.0. The fourth-order valence-electron chi connectivity index (χ4n) is 3.36. The number of carbonyl (C=O) groups is 1. The number of benzene rings is 2. The molecule has 0 fully saturated rings. The Hall–Kier alpha value is -2.76. The van der Waals surface area contributed by atoms with Gasteiger partial charge in [0.05, 0.1) is 11.3 Å². The Labute approximate surface area is 175 Å². The normalized spacial score (nSPS) is 20.5. The number of nitrogens with zero attached hydrogens (tertiary/aromatic N) is 1. The molecule has 0 atom stereocenters. The number of rotatable bonds is 2. The predicted octanol–water partition coefficient (Wildman–Crippen LogP) is 6.06. The van der Waals surface area contributed by atoms with E-state index in [0.717, 1.165) is 27.1 Å². The quantitative estimate of drug-likeness (QED) is 0.523. The van der Waals surface area contributed by atoms with Gasteiger partial charge in [0.1, 0.15) is 11.5 Å². The third-order valence-corrected chi connectivity index (χ3v) is 6.01. The SMILES string of the molecule is O=C1C(c2ccccc2)=C2C=CC=CN2/C1=C1\OC(c2ccc(Br)cc2)=CS1. The molecular weight excluding hydrogens is 434 g/mol. The van der Waals surface area contributed by atoms with Gasteiger partial charge < -0.3 is 9.64 Å². The summed E-state index contributed by atoms with van der Waals surface area (Å²) < 4.78 is 7.13. The molecule has 2 aromatic carbocycles. The number of allylic oxidation sites excluding steroid dienone is 4. The Morgan fingerprint density at radius 3 is 2.50 bits per heavy atom. The van der Waals surface area contributed by atoms with Gasteiger partial charge >= 0.3 is 0 Å². The van der Waals surface area contributed by atoms with Crippen molar-refractivity contribution in [1.82, 2.24) is 4.90 Å². The van der Waals surface area contributed by atoms with Crippen molar-refractivity contribution in [2.45, 2.75) is 0 Å². The van der Waals surface area contributed by atoms with Gasteiger partial charge in [-0.3, -0.25) is 4.79 Å². The van der Waals surface area contributed by atoms with Gasteiger partial charge in [-0.05, 0) is 29.8 Å². The summed E-state index contributed by atoms with van der Waals surface area (Å²) in [6.45, 7) is 0. The molecule has 0 bridgehead atoms. The van der Waals surface area contributed by atoms with Crippen LogP contribution in [0.25, 0.3) is 11.3 Å². The van der Waals surface area contributed by atoms with E-state index in [2.05, 4.69) is 15.9 Å². The average Bonchev–Trinajstić information content (AvgIpc) is 3.31. The van der Waals surface area contributed by atoms with Crippen molar-refractivity contribution in [2.75, 3.05) is 0 Å². The Morgan fingerprint density at radius 1 is 0.929 bits per heavy atom. The van der Waals surface area contributed by atoms with Gasteiger partial charge in [0, 0.05) is 21.6 Å². The van der Waals surface area contributed by atoms with Crippen molar-refractivity contribution in [3.05, 3.63) is 117 Å². The summed E-state index contributed by atoms with van der Waals surface area (Å²) in [6.07, 6.45) is 7.75. The highest BCUT2D eigenvalue weighted by Crippen LogP contribution is 2.45. The summed E-state index contributed by atoms with van der Waals surface area (Å²) in [5, 5.41) is 2.55. The lowest BCUT2D eigenvalue weighted by molar-refractivity contribution is -0.111. The van der Waals surface area contributed by atoms with Crippen LogP contribution in [0, 0.1) is 0 Å². The summed E-state index contributed by atoms with van der Waals surface area (Å²) in [4.78, 5) is 15.3. The van der Waals surface area contributed by atoms with E-state index in [0.29, 0.717) is 16.4 Å². The monoisotopic (exact) mass is 447 g/mol. The van der Waals surface area contributed by atoms with Crippen LogP contribution < -0.4 is 0 Å². The van der Waals surface area contributed by atoms with Gasteiger partial charge in [-0.25, -0.2) is 0 Å². The topological polar surface area (TPSA) is 29.5 Å². The number of ketones is 1. The Kier molecular flexibility index (Phi) is 4.34. The standard InChI is InChI=1S/C23H14BrNO2S/c24-17-11-9-15(10-12-17)19-14-28-23(27-19)21-22(26)20(16-6-2-1-3-7-16)18-8-4-5-13-25(18)21/h1-14H/b23-21+. The first kappa shape index (κ1) is 17.3. The fraction of sp³-hybridized carbons (Fsp3) is 0. The largest absolute Gasteiger partial charge is 0.447 e. The Morgan fingerprint density at radius 2 is 1.71 bits per heavy atom. The van der Waals surface area contributed by atoms with Crippen LogP contribution in [-0.2, 0) is 9.53 Å².